The van der Waals surface area contributed by atoms with Crippen LogP contribution in [0.2, 0.25) is 0 Å². The maximum atomic E-state index is 4.28. The van der Waals surface area contributed by atoms with Crippen LogP contribution in [0.15, 0.2) is 18.5 Å². The monoisotopic (exact) mass is 165 g/mol. The van der Waals surface area contributed by atoms with Crippen molar-refractivity contribution in [1.82, 2.24) is 15.1 Å². The molecule has 3 heteroatoms. The Morgan fingerprint density at radius 2 is 2.50 bits per heavy atom. The van der Waals surface area contributed by atoms with E-state index in [1.165, 1.54) is 6.42 Å². The Morgan fingerprint density at radius 1 is 1.58 bits per heavy atom. The van der Waals surface area contributed by atoms with Gasteiger partial charge in [-0.25, -0.2) is 0 Å². The van der Waals surface area contributed by atoms with Gasteiger partial charge in [-0.05, 0) is 31.5 Å². The van der Waals surface area contributed by atoms with Crippen molar-refractivity contribution < 1.29 is 0 Å². The van der Waals surface area contributed by atoms with Crippen molar-refractivity contribution in [2.75, 3.05) is 13.1 Å². The van der Waals surface area contributed by atoms with E-state index in [4.69, 9.17) is 0 Å². The molecular weight excluding hydrogens is 150 g/mol. The minimum Gasteiger partial charge on any atom is -0.316 e. The Hall–Kier alpha value is -0.830. The minimum absolute atomic E-state index is 0.598. The fourth-order valence-electron chi connectivity index (χ4n) is 1.87. The summed E-state index contributed by atoms with van der Waals surface area (Å²) in [5, 5.41) is 7.66. The minimum atomic E-state index is 0.598. The molecule has 2 rings (SSSR count). The van der Waals surface area contributed by atoms with Gasteiger partial charge in [0, 0.05) is 12.4 Å². The van der Waals surface area contributed by atoms with E-state index in [0.29, 0.717) is 12.0 Å². The van der Waals surface area contributed by atoms with Gasteiger partial charge in [0.15, 0.2) is 0 Å². The molecule has 1 aromatic heterocycles. The molecule has 66 valence electrons. The van der Waals surface area contributed by atoms with E-state index in [0.717, 1.165) is 13.1 Å². The summed E-state index contributed by atoms with van der Waals surface area (Å²) in [7, 11) is 0. The number of aromatic nitrogens is 2. The molecule has 1 aliphatic heterocycles. The van der Waals surface area contributed by atoms with E-state index < -0.39 is 0 Å². The third-order valence-electron chi connectivity index (χ3n) is 2.60. The highest BCUT2D eigenvalue weighted by Gasteiger charge is 2.22. The number of hydrogen-bond donors (Lipinski definition) is 1. The highest BCUT2D eigenvalue weighted by Crippen LogP contribution is 2.22. The molecule has 0 spiro atoms. The van der Waals surface area contributed by atoms with Crippen molar-refractivity contribution in [3.8, 4) is 0 Å². The van der Waals surface area contributed by atoms with Crippen LogP contribution in [0, 0.1) is 5.92 Å². The zero-order chi connectivity index (χ0) is 8.39. The normalized spacial score (nSPS) is 30.4. The number of hydrogen-bond acceptors (Lipinski definition) is 2. The average Bonchev–Trinajstić information content (AvgIpc) is 2.57. The Labute approximate surface area is 72.8 Å². The highest BCUT2D eigenvalue weighted by atomic mass is 15.3. The number of rotatable bonds is 1. The van der Waals surface area contributed by atoms with E-state index in [1.54, 1.807) is 0 Å². The van der Waals surface area contributed by atoms with Crippen LogP contribution in [0.3, 0.4) is 0 Å². The smallest absolute Gasteiger partial charge is 0.0568 e. The van der Waals surface area contributed by atoms with Crippen LogP contribution in [-0.2, 0) is 0 Å². The van der Waals surface area contributed by atoms with Crippen LogP contribution in [0.5, 0.6) is 0 Å². The summed E-state index contributed by atoms with van der Waals surface area (Å²) in [6.07, 6.45) is 5.12. The summed E-state index contributed by atoms with van der Waals surface area (Å²) in [6, 6.07) is 2.59. The maximum Gasteiger partial charge on any atom is 0.0568 e. The Morgan fingerprint density at radius 3 is 3.17 bits per heavy atom. The molecule has 1 fully saturated rings. The second kappa shape index (κ2) is 3.27. The molecule has 0 aromatic carbocycles. The fourth-order valence-corrected chi connectivity index (χ4v) is 1.87. The first-order valence-corrected chi connectivity index (χ1v) is 4.58. The van der Waals surface area contributed by atoms with E-state index in [-0.39, 0.29) is 0 Å². The van der Waals surface area contributed by atoms with Gasteiger partial charge in [-0.2, -0.15) is 5.10 Å². The fraction of sp³-hybridized carbons (Fsp3) is 0.667. The van der Waals surface area contributed by atoms with Crippen molar-refractivity contribution in [1.29, 1.82) is 0 Å². The third kappa shape index (κ3) is 1.37. The SMILES string of the molecule is C[C@H]1CNCC[C@H]1n1cccn1. The van der Waals surface area contributed by atoms with Gasteiger partial charge in [0.25, 0.3) is 0 Å². The zero-order valence-corrected chi connectivity index (χ0v) is 7.40. The van der Waals surface area contributed by atoms with Crippen molar-refractivity contribution in [2.24, 2.45) is 5.92 Å². The lowest BCUT2D eigenvalue weighted by Gasteiger charge is -2.29. The molecular formula is C9H15N3. The highest BCUT2D eigenvalue weighted by molar-refractivity contribution is 4.86. The van der Waals surface area contributed by atoms with Crippen molar-refractivity contribution in [3.05, 3.63) is 18.5 Å². The molecule has 3 nitrogen and oxygen atoms in total. The maximum absolute atomic E-state index is 4.28. The van der Waals surface area contributed by atoms with Crippen molar-refractivity contribution in [3.63, 3.8) is 0 Å². The van der Waals surface area contributed by atoms with Crippen LogP contribution < -0.4 is 5.32 Å². The first-order chi connectivity index (χ1) is 5.88. The van der Waals surface area contributed by atoms with E-state index in [1.807, 2.05) is 12.3 Å². The molecule has 0 aliphatic carbocycles. The molecule has 1 aliphatic rings. The molecule has 1 saturated heterocycles. The Kier molecular flexibility index (Phi) is 2.13. The van der Waals surface area contributed by atoms with Crippen LogP contribution in [-0.4, -0.2) is 22.9 Å². The summed E-state index contributed by atoms with van der Waals surface area (Å²) in [5.74, 6) is 0.693. The molecule has 0 saturated carbocycles. The van der Waals surface area contributed by atoms with Gasteiger partial charge >= 0.3 is 0 Å². The molecule has 2 heterocycles. The van der Waals surface area contributed by atoms with Gasteiger partial charge in [-0.3, -0.25) is 4.68 Å². The summed E-state index contributed by atoms with van der Waals surface area (Å²) in [4.78, 5) is 0. The molecule has 1 N–H and O–H groups in total. The van der Waals surface area contributed by atoms with Gasteiger partial charge in [-0.1, -0.05) is 6.92 Å². The Bertz CT molecular complexity index is 230. The Balaban J connectivity index is 2.11. The van der Waals surface area contributed by atoms with Crippen LogP contribution in [0.4, 0.5) is 0 Å². The predicted octanol–water partition coefficient (Wildman–Crippen LogP) is 1.05. The van der Waals surface area contributed by atoms with E-state index >= 15 is 0 Å². The first-order valence-electron chi connectivity index (χ1n) is 4.58. The molecule has 12 heavy (non-hydrogen) atoms. The topological polar surface area (TPSA) is 29.9 Å². The van der Waals surface area contributed by atoms with Gasteiger partial charge in [0.05, 0.1) is 6.04 Å². The lowest BCUT2D eigenvalue weighted by molar-refractivity contribution is 0.255. The predicted molar refractivity (Wildman–Crippen MR) is 47.9 cm³/mol. The number of piperidine rings is 1. The third-order valence-corrected chi connectivity index (χ3v) is 2.60. The summed E-state index contributed by atoms with van der Waals surface area (Å²) in [5.41, 5.74) is 0. The largest absolute Gasteiger partial charge is 0.316 e. The zero-order valence-electron chi connectivity index (χ0n) is 7.40. The average molecular weight is 165 g/mol. The van der Waals surface area contributed by atoms with Crippen LogP contribution >= 0.6 is 0 Å². The second-order valence-electron chi connectivity index (χ2n) is 3.52. The van der Waals surface area contributed by atoms with Crippen LogP contribution in [0.25, 0.3) is 0 Å². The molecule has 0 bridgehead atoms. The van der Waals surface area contributed by atoms with Gasteiger partial charge in [0.1, 0.15) is 0 Å². The van der Waals surface area contributed by atoms with E-state index in [9.17, 15) is 0 Å². The second-order valence-corrected chi connectivity index (χ2v) is 3.52. The van der Waals surface area contributed by atoms with Crippen molar-refractivity contribution >= 4 is 0 Å². The van der Waals surface area contributed by atoms with Gasteiger partial charge in [0.2, 0.25) is 0 Å². The van der Waals surface area contributed by atoms with Crippen LogP contribution in [0.1, 0.15) is 19.4 Å². The summed E-state index contributed by atoms with van der Waals surface area (Å²) in [6.45, 7) is 4.51. The quantitative estimate of drug-likeness (QED) is 0.674. The number of nitrogens with one attached hydrogen (secondary N) is 1. The number of nitrogens with zero attached hydrogens (tertiary/aromatic N) is 2. The lowest BCUT2D eigenvalue weighted by Crippen LogP contribution is -2.36. The molecule has 0 radical (unpaired) electrons. The standard InChI is InChI=1S/C9H15N3/c1-8-7-10-5-3-9(8)12-6-2-4-11-12/h2,4,6,8-10H,3,5,7H2,1H3/t8-,9+/m0/s1. The first kappa shape index (κ1) is 7.80. The summed E-state index contributed by atoms with van der Waals surface area (Å²) >= 11 is 0. The lowest BCUT2D eigenvalue weighted by atomic mass is 9.96. The molecule has 2 atom stereocenters. The summed E-state index contributed by atoms with van der Waals surface area (Å²) < 4.78 is 2.09. The van der Waals surface area contributed by atoms with Gasteiger partial charge in [-0.15, -0.1) is 0 Å². The molecule has 0 amide bonds. The van der Waals surface area contributed by atoms with Crippen molar-refractivity contribution in [2.45, 2.75) is 19.4 Å². The molecule has 0 unspecified atom stereocenters. The van der Waals surface area contributed by atoms with E-state index in [2.05, 4.69) is 28.2 Å². The van der Waals surface area contributed by atoms with Gasteiger partial charge < -0.3 is 5.32 Å². The molecule has 1 aromatic rings.